The van der Waals surface area contributed by atoms with Crippen LogP contribution in [0.25, 0.3) is 0 Å². The van der Waals surface area contributed by atoms with Gasteiger partial charge in [0.1, 0.15) is 0 Å². The van der Waals surface area contributed by atoms with Crippen molar-refractivity contribution >= 4 is 6.03 Å². The van der Waals surface area contributed by atoms with Gasteiger partial charge in [-0.2, -0.15) is 0 Å². The van der Waals surface area contributed by atoms with Crippen molar-refractivity contribution in [2.75, 3.05) is 6.54 Å². The molecule has 0 unspecified atom stereocenters. The van der Waals surface area contributed by atoms with Crippen LogP contribution in [0.1, 0.15) is 52.9 Å². The van der Waals surface area contributed by atoms with Crippen LogP contribution in [0, 0.1) is 5.92 Å². The van der Waals surface area contributed by atoms with Crippen LogP contribution in [0.4, 0.5) is 4.79 Å². The Morgan fingerprint density at radius 3 is 2.47 bits per heavy atom. The molecule has 1 rings (SSSR count). The first kappa shape index (κ1) is 14.3. The van der Waals surface area contributed by atoms with E-state index >= 15 is 0 Å². The van der Waals surface area contributed by atoms with Crippen LogP contribution >= 0.6 is 0 Å². The number of hydrogen-bond donors (Lipinski definition) is 3. The van der Waals surface area contributed by atoms with E-state index in [1.165, 1.54) is 19.3 Å². The summed E-state index contributed by atoms with van der Waals surface area (Å²) in [4.78, 5) is 11.5. The van der Waals surface area contributed by atoms with Gasteiger partial charge in [-0.15, -0.1) is 0 Å². The molecule has 0 bridgehead atoms. The summed E-state index contributed by atoms with van der Waals surface area (Å²) in [6.45, 7) is 6.72. The number of rotatable bonds is 4. The Hall–Kier alpha value is -0.770. The van der Waals surface area contributed by atoms with E-state index in [1.54, 1.807) is 0 Å². The summed E-state index contributed by atoms with van der Waals surface area (Å²) in [5.41, 5.74) is 6.12. The summed E-state index contributed by atoms with van der Waals surface area (Å²) in [6, 6.07) is 0.0574. The lowest BCUT2D eigenvalue weighted by atomic mass is 9.76. The van der Waals surface area contributed by atoms with E-state index in [9.17, 15) is 4.79 Å². The summed E-state index contributed by atoms with van der Waals surface area (Å²) in [7, 11) is 0. The quantitative estimate of drug-likeness (QED) is 0.704. The molecule has 0 heterocycles. The molecule has 1 saturated carbocycles. The molecule has 100 valence electrons. The van der Waals surface area contributed by atoms with Gasteiger partial charge in [0, 0.05) is 18.1 Å². The van der Waals surface area contributed by atoms with Crippen LogP contribution in [0.15, 0.2) is 0 Å². The molecule has 4 N–H and O–H groups in total. The minimum Gasteiger partial charge on any atom is -0.336 e. The van der Waals surface area contributed by atoms with E-state index in [4.69, 9.17) is 5.73 Å². The van der Waals surface area contributed by atoms with Gasteiger partial charge in [-0.3, -0.25) is 0 Å². The first-order valence-electron chi connectivity index (χ1n) is 6.78. The van der Waals surface area contributed by atoms with Crippen molar-refractivity contribution < 1.29 is 4.79 Å². The predicted octanol–water partition coefficient (Wildman–Crippen LogP) is 1.99. The number of carbonyl (C=O) groups excluding carboxylic acids is 1. The Labute approximate surface area is 105 Å². The second kappa shape index (κ2) is 6.24. The fraction of sp³-hybridized carbons (Fsp3) is 0.923. The third kappa shape index (κ3) is 4.94. The van der Waals surface area contributed by atoms with Crippen LogP contribution in [0.2, 0.25) is 0 Å². The zero-order valence-corrected chi connectivity index (χ0v) is 11.4. The summed E-state index contributed by atoms with van der Waals surface area (Å²) in [6.07, 6.45) is 5.68. The molecule has 0 atom stereocenters. The molecule has 1 fully saturated rings. The maximum atomic E-state index is 11.5. The molecule has 2 amide bonds. The number of amides is 2. The molecule has 1 aliphatic rings. The van der Waals surface area contributed by atoms with Crippen molar-refractivity contribution in [3.8, 4) is 0 Å². The van der Waals surface area contributed by atoms with Crippen LogP contribution in [-0.4, -0.2) is 24.2 Å². The SMILES string of the molecule is CCC1CCC(N)(CNC(=O)NC(C)C)CC1. The summed E-state index contributed by atoms with van der Waals surface area (Å²) in [5.74, 6) is 0.830. The zero-order valence-electron chi connectivity index (χ0n) is 11.4. The van der Waals surface area contributed by atoms with Crippen molar-refractivity contribution in [3.05, 3.63) is 0 Å². The lowest BCUT2D eigenvalue weighted by molar-refractivity contribution is 0.211. The van der Waals surface area contributed by atoms with Gasteiger partial charge in [-0.05, 0) is 45.4 Å². The predicted molar refractivity (Wildman–Crippen MR) is 70.8 cm³/mol. The van der Waals surface area contributed by atoms with E-state index < -0.39 is 0 Å². The van der Waals surface area contributed by atoms with Gasteiger partial charge in [-0.25, -0.2) is 4.79 Å². The molecule has 17 heavy (non-hydrogen) atoms. The van der Waals surface area contributed by atoms with E-state index in [0.29, 0.717) is 6.54 Å². The standard InChI is InChI=1S/C13H27N3O/c1-4-11-5-7-13(14,8-6-11)9-15-12(17)16-10(2)3/h10-11H,4-9,14H2,1-3H3,(H2,15,16,17). The number of hydrogen-bond acceptors (Lipinski definition) is 2. The Morgan fingerprint density at radius 1 is 1.41 bits per heavy atom. The average molecular weight is 241 g/mol. The normalized spacial score (nSPS) is 29.1. The van der Waals surface area contributed by atoms with Gasteiger partial charge >= 0.3 is 6.03 Å². The smallest absolute Gasteiger partial charge is 0.315 e. The molecule has 0 spiro atoms. The Bertz CT molecular complexity index is 245. The van der Waals surface area contributed by atoms with Crippen LogP contribution in [0.5, 0.6) is 0 Å². The monoisotopic (exact) mass is 241 g/mol. The van der Waals surface area contributed by atoms with E-state index in [2.05, 4.69) is 17.6 Å². The largest absolute Gasteiger partial charge is 0.336 e. The van der Waals surface area contributed by atoms with Gasteiger partial charge in [0.2, 0.25) is 0 Å². The Balaban J connectivity index is 2.29. The number of urea groups is 1. The lowest BCUT2D eigenvalue weighted by Gasteiger charge is -2.37. The van der Waals surface area contributed by atoms with Crippen molar-refractivity contribution in [3.63, 3.8) is 0 Å². The molecule has 0 aromatic carbocycles. The number of nitrogens with one attached hydrogen (secondary N) is 2. The van der Waals surface area contributed by atoms with Gasteiger partial charge in [0.25, 0.3) is 0 Å². The highest BCUT2D eigenvalue weighted by Crippen LogP contribution is 2.31. The molecule has 0 aliphatic heterocycles. The maximum Gasteiger partial charge on any atom is 0.315 e. The average Bonchev–Trinajstić information content (AvgIpc) is 2.27. The van der Waals surface area contributed by atoms with Crippen molar-refractivity contribution in [2.24, 2.45) is 11.7 Å². The highest BCUT2D eigenvalue weighted by atomic mass is 16.2. The molecule has 0 aromatic rings. The third-order valence-corrected chi connectivity index (χ3v) is 3.70. The third-order valence-electron chi connectivity index (χ3n) is 3.70. The van der Waals surface area contributed by atoms with E-state index in [0.717, 1.165) is 18.8 Å². The molecule has 0 saturated heterocycles. The Kier molecular flexibility index (Phi) is 5.25. The highest BCUT2D eigenvalue weighted by molar-refractivity contribution is 5.74. The first-order chi connectivity index (χ1) is 7.95. The second-order valence-corrected chi connectivity index (χ2v) is 5.70. The number of carbonyl (C=O) groups is 1. The first-order valence-corrected chi connectivity index (χ1v) is 6.78. The Morgan fingerprint density at radius 2 is 2.00 bits per heavy atom. The van der Waals surface area contributed by atoms with Gasteiger partial charge in [-0.1, -0.05) is 13.3 Å². The molecule has 4 heteroatoms. The minimum atomic E-state index is -0.194. The second-order valence-electron chi connectivity index (χ2n) is 5.70. The zero-order chi connectivity index (χ0) is 12.9. The van der Waals surface area contributed by atoms with Crippen LogP contribution < -0.4 is 16.4 Å². The maximum absolute atomic E-state index is 11.5. The molecular formula is C13H27N3O. The van der Waals surface area contributed by atoms with Gasteiger partial charge < -0.3 is 16.4 Å². The van der Waals surface area contributed by atoms with Gasteiger partial charge in [0.05, 0.1) is 0 Å². The summed E-state index contributed by atoms with van der Waals surface area (Å²) < 4.78 is 0. The van der Waals surface area contributed by atoms with E-state index in [-0.39, 0.29) is 17.6 Å². The van der Waals surface area contributed by atoms with E-state index in [1.807, 2.05) is 13.8 Å². The molecule has 4 nitrogen and oxygen atoms in total. The number of nitrogens with two attached hydrogens (primary N) is 1. The molecule has 0 aromatic heterocycles. The summed E-state index contributed by atoms with van der Waals surface area (Å²) >= 11 is 0. The molecule has 0 radical (unpaired) electrons. The van der Waals surface area contributed by atoms with Crippen molar-refractivity contribution in [1.82, 2.24) is 10.6 Å². The van der Waals surface area contributed by atoms with Crippen LogP contribution in [-0.2, 0) is 0 Å². The molecule has 1 aliphatic carbocycles. The van der Waals surface area contributed by atoms with Crippen LogP contribution in [0.3, 0.4) is 0 Å². The topological polar surface area (TPSA) is 67.1 Å². The van der Waals surface area contributed by atoms with Crippen molar-refractivity contribution in [2.45, 2.75) is 64.5 Å². The summed E-state index contributed by atoms with van der Waals surface area (Å²) in [5, 5.41) is 5.70. The van der Waals surface area contributed by atoms with Gasteiger partial charge in [0.15, 0.2) is 0 Å². The fourth-order valence-corrected chi connectivity index (χ4v) is 2.41. The highest BCUT2D eigenvalue weighted by Gasteiger charge is 2.31. The molecular weight excluding hydrogens is 214 g/mol. The minimum absolute atomic E-state index is 0.109. The lowest BCUT2D eigenvalue weighted by Crippen LogP contribution is -2.54. The fourth-order valence-electron chi connectivity index (χ4n) is 2.41. The van der Waals surface area contributed by atoms with Crippen molar-refractivity contribution in [1.29, 1.82) is 0 Å².